The van der Waals surface area contributed by atoms with Crippen molar-refractivity contribution >= 4 is 0 Å². The van der Waals surface area contributed by atoms with Crippen molar-refractivity contribution < 1.29 is 18.9 Å². The van der Waals surface area contributed by atoms with Gasteiger partial charge in [-0.2, -0.15) is 0 Å². The molecule has 0 unspecified atom stereocenters. The predicted octanol–water partition coefficient (Wildman–Crippen LogP) is 3.04. The minimum Gasteiger partial charge on any atom is -0.493 e. The number of para-hydroxylation sites is 1. The maximum absolute atomic E-state index is 5.71. The standard InChI is InChI=1S/C18H19NO4/c1-20-16-8-12(9-17-18(16)23-11-22-17)10-19-14-6-7-21-15-5-3-2-4-13(14)15/h2-5,8-9,14,19H,6-7,10-11H2,1H3/t14-/m1/s1. The molecule has 1 atom stereocenters. The summed E-state index contributed by atoms with van der Waals surface area (Å²) in [5.41, 5.74) is 2.32. The molecule has 120 valence electrons. The lowest BCUT2D eigenvalue weighted by Crippen LogP contribution is -2.26. The lowest BCUT2D eigenvalue weighted by atomic mass is 10.0. The van der Waals surface area contributed by atoms with Crippen LogP contribution in [-0.2, 0) is 6.54 Å². The summed E-state index contributed by atoms with van der Waals surface area (Å²) < 4.78 is 22.0. The quantitative estimate of drug-likeness (QED) is 0.940. The molecule has 2 aromatic carbocycles. The highest BCUT2D eigenvalue weighted by Gasteiger charge is 2.22. The van der Waals surface area contributed by atoms with Crippen LogP contribution in [0.4, 0.5) is 0 Å². The molecular formula is C18H19NO4. The van der Waals surface area contributed by atoms with E-state index in [1.807, 2.05) is 30.3 Å². The summed E-state index contributed by atoms with van der Waals surface area (Å²) in [6.45, 7) is 1.71. The highest BCUT2D eigenvalue weighted by molar-refractivity contribution is 5.55. The Bertz CT molecular complexity index is 716. The van der Waals surface area contributed by atoms with Crippen LogP contribution in [0.5, 0.6) is 23.0 Å². The van der Waals surface area contributed by atoms with Gasteiger partial charge in [0.05, 0.1) is 13.7 Å². The number of benzene rings is 2. The van der Waals surface area contributed by atoms with Crippen molar-refractivity contribution in [2.24, 2.45) is 0 Å². The number of methoxy groups -OCH3 is 1. The average molecular weight is 313 g/mol. The van der Waals surface area contributed by atoms with Gasteiger partial charge in [-0.1, -0.05) is 18.2 Å². The fourth-order valence-corrected chi connectivity index (χ4v) is 3.08. The summed E-state index contributed by atoms with van der Waals surface area (Å²) in [6, 6.07) is 12.5. The third-order valence-corrected chi connectivity index (χ3v) is 4.23. The zero-order valence-corrected chi connectivity index (χ0v) is 13.0. The van der Waals surface area contributed by atoms with Crippen molar-refractivity contribution in [3.05, 3.63) is 47.5 Å². The van der Waals surface area contributed by atoms with Crippen LogP contribution >= 0.6 is 0 Å². The van der Waals surface area contributed by atoms with E-state index in [1.54, 1.807) is 7.11 Å². The van der Waals surface area contributed by atoms with Crippen LogP contribution in [0.25, 0.3) is 0 Å². The van der Waals surface area contributed by atoms with E-state index in [0.29, 0.717) is 11.5 Å². The first-order chi connectivity index (χ1) is 11.3. The van der Waals surface area contributed by atoms with E-state index in [-0.39, 0.29) is 12.8 Å². The van der Waals surface area contributed by atoms with E-state index in [2.05, 4.69) is 11.4 Å². The summed E-state index contributed by atoms with van der Waals surface area (Å²) in [7, 11) is 1.64. The first-order valence-electron chi connectivity index (χ1n) is 7.77. The van der Waals surface area contributed by atoms with E-state index in [1.165, 1.54) is 5.56 Å². The molecule has 0 spiro atoms. The molecule has 0 fully saturated rings. The Labute approximate surface area is 135 Å². The summed E-state index contributed by atoms with van der Waals surface area (Å²) in [5.74, 6) is 3.12. The topological polar surface area (TPSA) is 49.0 Å². The van der Waals surface area contributed by atoms with Gasteiger partial charge in [0.2, 0.25) is 12.5 Å². The Hall–Kier alpha value is -2.40. The molecule has 23 heavy (non-hydrogen) atoms. The number of fused-ring (bicyclic) bond motifs is 2. The van der Waals surface area contributed by atoms with Gasteiger partial charge in [0.15, 0.2) is 11.5 Å². The van der Waals surface area contributed by atoms with Crippen LogP contribution in [0.1, 0.15) is 23.6 Å². The Morgan fingerprint density at radius 2 is 2.04 bits per heavy atom. The second kappa shape index (κ2) is 6.01. The van der Waals surface area contributed by atoms with Crippen LogP contribution in [0.2, 0.25) is 0 Å². The van der Waals surface area contributed by atoms with Crippen LogP contribution < -0.4 is 24.3 Å². The van der Waals surface area contributed by atoms with Gasteiger partial charge in [-0.15, -0.1) is 0 Å². The fourth-order valence-electron chi connectivity index (χ4n) is 3.08. The van der Waals surface area contributed by atoms with Crippen molar-refractivity contribution in [1.82, 2.24) is 5.32 Å². The molecule has 0 bridgehead atoms. The Morgan fingerprint density at radius 3 is 2.96 bits per heavy atom. The van der Waals surface area contributed by atoms with Gasteiger partial charge >= 0.3 is 0 Å². The molecule has 0 saturated carbocycles. The molecule has 2 aliphatic heterocycles. The van der Waals surface area contributed by atoms with Gasteiger partial charge in [0, 0.05) is 24.6 Å². The second-order valence-electron chi connectivity index (χ2n) is 5.64. The second-order valence-corrected chi connectivity index (χ2v) is 5.64. The molecule has 0 aliphatic carbocycles. The monoisotopic (exact) mass is 313 g/mol. The smallest absolute Gasteiger partial charge is 0.231 e. The lowest BCUT2D eigenvalue weighted by Gasteiger charge is -2.26. The molecule has 0 aromatic heterocycles. The molecular weight excluding hydrogens is 294 g/mol. The van der Waals surface area contributed by atoms with Crippen molar-refractivity contribution in [3.63, 3.8) is 0 Å². The average Bonchev–Trinajstić information content (AvgIpc) is 3.07. The fraction of sp³-hybridized carbons (Fsp3) is 0.333. The Morgan fingerprint density at radius 1 is 1.13 bits per heavy atom. The third kappa shape index (κ3) is 2.68. The number of rotatable bonds is 4. The lowest BCUT2D eigenvalue weighted by molar-refractivity contribution is 0.171. The van der Waals surface area contributed by atoms with Crippen molar-refractivity contribution in [3.8, 4) is 23.0 Å². The Balaban J connectivity index is 1.52. The normalized spacial score (nSPS) is 18.2. The van der Waals surface area contributed by atoms with Gasteiger partial charge in [0.25, 0.3) is 0 Å². The summed E-state index contributed by atoms with van der Waals surface area (Å²) in [4.78, 5) is 0. The Kier molecular flexibility index (Phi) is 3.71. The third-order valence-electron chi connectivity index (χ3n) is 4.23. The van der Waals surface area contributed by atoms with E-state index < -0.39 is 0 Å². The SMILES string of the molecule is COc1cc(CN[C@@H]2CCOc3ccccc32)cc2c1OCO2. The van der Waals surface area contributed by atoms with E-state index >= 15 is 0 Å². The van der Waals surface area contributed by atoms with Gasteiger partial charge in [-0.3, -0.25) is 0 Å². The van der Waals surface area contributed by atoms with Crippen molar-refractivity contribution in [2.45, 2.75) is 19.0 Å². The molecule has 2 aromatic rings. The minimum atomic E-state index is 0.246. The van der Waals surface area contributed by atoms with Crippen molar-refractivity contribution in [1.29, 1.82) is 0 Å². The van der Waals surface area contributed by atoms with Crippen LogP contribution in [0, 0.1) is 0 Å². The van der Waals surface area contributed by atoms with E-state index in [4.69, 9.17) is 18.9 Å². The number of hydrogen-bond donors (Lipinski definition) is 1. The zero-order chi connectivity index (χ0) is 15.6. The molecule has 1 N–H and O–H groups in total. The minimum absolute atomic E-state index is 0.246. The van der Waals surface area contributed by atoms with Gasteiger partial charge in [0.1, 0.15) is 5.75 Å². The number of ether oxygens (including phenoxy) is 4. The largest absolute Gasteiger partial charge is 0.493 e. The molecule has 5 nitrogen and oxygen atoms in total. The van der Waals surface area contributed by atoms with E-state index in [9.17, 15) is 0 Å². The van der Waals surface area contributed by atoms with Crippen LogP contribution in [0.3, 0.4) is 0 Å². The molecule has 0 saturated heterocycles. The predicted molar refractivity (Wildman–Crippen MR) is 85.3 cm³/mol. The molecule has 4 rings (SSSR count). The van der Waals surface area contributed by atoms with E-state index in [0.717, 1.165) is 36.6 Å². The summed E-state index contributed by atoms with van der Waals surface area (Å²) in [6.07, 6.45) is 0.957. The molecule has 0 radical (unpaired) electrons. The maximum Gasteiger partial charge on any atom is 0.231 e. The van der Waals surface area contributed by atoms with Gasteiger partial charge in [-0.05, 0) is 23.8 Å². The maximum atomic E-state index is 5.71. The molecule has 5 heteroatoms. The van der Waals surface area contributed by atoms with Crippen LogP contribution in [-0.4, -0.2) is 20.5 Å². The van der Waals surface area contributed by atoms with Crippen molar-refractivity contribution in [2.75, 3.05) is 20.5 Å². The molecule has 2 aliphatic rings. The summed E-state index contributed by atoms with van der Waals surface area (Å²) in [5, 5.41) is 3.60. The first-order valence-corrected chi connectivity index (χ1v) is 7.77. The van der Waals surface area contributed by atoms with Gasteiger partial charge in [-0.25, -0.2) is 0 Å². The number of hydrogen-bond acceptors (Lipinski definition) is 5. The first kappa shape index (κ1) is 14.2. The van der Waals surface area contributed by atoms with Crippen LogP contribution in [0.15, 0.2) is 36.4 Å². The number of nitrogens with one attached hydrogen (secondary N) is 1. The molecule has 2 heterocycles. The van der Waals surface area contributed by atoms with Gasteiger partial charge < -0.3 is 24.3 Å². The highest BCUT2D eigenvalue weighted by Crippen LogP contribution is 2.42. The highest BCUT2D eigenvalue weighted by atomic mass is 16.7. The molecule has 0 amide bonds. The zero-order valence-electron chi connectivity index (χ0n) is 13.0. The summed E-state index contributed by atoms with van der Waals surface area (Å²) >= 11 is 0.